The van der Waals surface area contributed by atoms with E-state index in [2.05, 4.69) is 10.6 Å². The van der Waals surface area contributed by atoms with Crippen LogP contribution in [0.25, 0.3) is 0 Å². The summed E-state index contributed by atoms with van der Waals surface area (Å²) in [5, 5.41) is 6.39. The first-order chi connectivity index (χ1) is 13.2. The number of carbonyl (C=O) groups is 3. The predicted octanol–water partition coefficient (Wildman–Crippen LogP) is 5.20. The van der Waals surface area contributed by atoms with Crippen LogP contribution in [0.3, 0.4) is 0 Å². The number of nitrogens with one attached hydrogen (secondary N) is 2. The maximum atomic E-state index is 11.9. The molecule has 0 saturated carbocycles. The molecule has 0 atom stereocenters. The lowest BCUT2D eigenvalue weighted by molar-refractivity contribution is -0.147. The minimum absolute atomic E-state index is 0.118. The van der Waals surface area contributed by atoms with Crippen molar-refractivity contribution in [1.82, 2.24) is 0 Å². The molecule has 0 fully saturated rings. The summed E-state index contributed by atoms with van der Waals surface area (Å²) in [5.74, 6) is -1.64. The monoisotopic (exact) mass is 462 g/mol. The molecule has 2 rings (SSSR count). The van der Waals surface area contributed by atoms with Crippen LogP contribution in [0.15, 0.2) is 36.4 Å². The van der Waals surface area contributed by atoms with E-state index in [1.54, 1.807) is 18.2 Å². The predicted molar refractivity (Wildman–Crippen MR) is 110 cm³/mol. The van der Waals surface area contributed by atoms with Crippen LogP contribution in [-0.2, 0) is 19.1 Å². The number of rotatable bonds is 7. The van der Waals surface area contributed by atoms with E-state index in [1.165, 1.54) is 18.2 Å². The zero-order valence-electron chi connectivity index (χ0n) is 14.2. The number of hydrogen-bond donors (Lipinski definition) is 2. The summed E-state index contributed by atoms with van der Waals surface area (Å²) in [6.07, 6.45) is -0.305. The van der Waals surface area contributed by atoms with Crippen LogP contribution in [-0.4, -0.2) is 24.4 Å². The normalized spacial score (nSPS) is 10.3. The van der Waals surface area contributed by atoms with E-state index in [0.29, 0.717) is 26.4 Å². The fourth-order valence-corrected chi connectivity index (χ4v) is 2.60. The standard InChI is InChI=1S/C18H14Cl4N2O4/c19-12-3-1-10(7-14(12)21)23-16(25)5-6-18(27)28-9-17(26)24-11-2-4-13(20)15(22)8-11/h1-4,7-8H,5-6,9H2,(H,23,25)(H,24,26). The van der Waals surface area contributed by atoms with E-state index < -0.39 is 24.4 Å². The molecule has 0 aliphatic heterocycles. The Bertz CT molecular complexity index is 834. The second kappa shape index (κ2) is 10.5. The highest BCUT2D eigenvalue weighted by atomic mass is 35.5. The molecule has 2 amide bonds. The second-order valence-corrected chi connectivity index (χ2v) is 7.14. The van der Waals surface area contributed by atoms with Crippen molar-refractivity contribution in [3.05, 3.63) is 56.5 Å². The van der Waals surface area contributed by atoms with E-state index in [0.717, 1.165) is 0 Å². The molecule has 0 saturated heterocycles. The fourth-order valence-electron chi connectivity index (χ4n) is 2.00. The Hall–Kier alpha value is -1.99. The van der Waals surface area contributed by atoms with Gasteiger partial charge >= 0.3 is 5.97 Å². The highest BCUT2D eigenvalue weighted by Crippen LogP contribution is 2.25. The molecule has 0 unspecified atom stereocenters. The van der Waals surface area contributed by atoms with E-state index in [9.17, 15) is 14.4 Å². The van der Waals surface area contributed by atoms with Gasteiger partial charge in [0, 0.05) is 17.8 Å². The van der Waals surface area contributed by atoms with Gasteiger partial charge in [0.2, 0.25) is 5.91 Å². The van der Waals surface area contributed by atoms with Crippen LogP contribution in [0, 0.1) is 0 Å². The lowest BCUT2D eigenvalue weighted by Gasteiger charge is -2.08. The average Bonchev–Trinajstić information content (AvgIpc) is 2.64. The van der Waals surface area contributed by atoms with Gasteiger partial charge in [-0.25, -0.2) is 0 Å². The molecule has 0 spiro atoms. The largest absolute Gasteiger partial charge is 0.456 e. The molecule has 2 aromatic carbocycles. The quantitative estimate of drug-likeness (QED) is 0.552. The third kappa shape index (κ3) is 7.20. The molecule has 0 aromatic heterocycles. The van der Waals surface area contributed by atoms with Gasteiger partial charge in [-0.05, 0) is 36.4 Å². The van der Waals surface area contributed by atoms with Crippen LogP contribution in [0.4, 0.5) is 11.4 Å². The van der Waals surface area contributed by atoms with Gasteiger partial charge in [-0.3, -0.25) is 14.4 Å². The summed E-state index contributed by atoms with van der Waals surface area (Å²) in [7, 11) is 0. The summed E-state index contributed by atoms with van der Waals surface area (Å²) in [6.45, 7) is -0.493. The van der Waals surface area contributed by atoms with Crippen LogP contribution >= 0.6 is 46.4 Å². The molecule has 0 heterocycles. The Balaban J connectivity index is 1.71. The van der Waals surface area contributed by atoms with Gasteiger partial charge in [0.25, 0.3) is 5.91 Å². The van der Waals surface area contributed by atoms with Gasteiger partial charge in [0.05, 0.1) is 26.5 Å². The molecule has 28 heavy (non-hydrogen) atoms. The van der Waals surface area contributed by atoms with Gasteiger partial charge < -0.3 is 15.4 Å². The lowest BCUT2D eigenvalue weighted by Crippen LogP contribution is -2.21. The Morgan fingerprint density at radius 2 is 1.21 bits per heavy atom. The summed E-state index contributed by atoms with van der Waals surface area (Å²) < 4.78 is 4.84. The van der Waals surface area contributed by atoms with E-state index in [4.69, 9.17) is 51.1 Å². The number of halogens is 4. The number of anilines is 2. The Labute approximate surface area is 181 Å². The van der Waals surface area contributed by atoms with Crippen molar-refractivity contribution in [2.24, 2.45) is 0 Å². The molecule has 6 nitrogen and oxygen atoms in total. The van der Waals surface area contributed by atoms with E-state index >= 15 is 0 Å². The molecule has 0 aliphatic rings. The van der Waals surface area contributed by atoms with Crippen molar-refractivity contribution < 1.29 is 19.1 Å². The molecule has 0 aliphatic carbocycles. The minimum Gasteiger partial charge on any atom is -0.456 e. The third-order valence-corrected chi connectivity index (χ3v) is 4.81. The zero-order valence-corrected chi connectivity index (χ0v) is 17.3. The smallest absolute Gasteiger partial charge is 0.306 e. The Morgan fingerprint density at radius 1 is 0.714 bits per heavy atom. The third-order valence-electron chi connectivity index (χ3n) is 3.33. The number of hydrogen-bond acceptors (Lipinski definition) is 4. The first-order valence-electron chi connectivity index (χ1n) is 7.90. The van der Waals surface area contributed by atoms with Gasteiger partial charge in [-0.2, -0.15) is 0 Å². The van der Waals surface area contributed by atoms with Crippen molar-refractivity contribution >= 4 is 75.6 Å². The highest BCUT2D eigenvalue weighted by Gasteiger charge is 2.12. The average molecular weight is 464 g/mol. The number of amides is 2. The van der Waals surface area contributed by atoms with Gasteiger partial charge in [-0.1, -0.05) is 46.4 Å². The summed E-state index contributed by atoms with van der Waals surface area (Å²) in [4.78, 5) is 35.3. The molecular formula is C18H14Cl4N2O4. The van der Waals surface area contributed by atoms with Gasteiger partial charge in [-0.15, -0.1) is 0 Å². The molecule has 0 radical (unpaired) electrons. The maximum Gasteiger partial charge on any atom is 0.306 e. The number of ether oxygens (including phenoxy) is 1. The van der Waals surface area contributed by atoms with E-state index in [1.807, 2.05) is 0 Å². The van der Waals surface area contributed by atoms with Crippen LogP contribution in [0.1, 0.15) is 12.8 Å². The Kier molecular flexibility index (Phi) is 8.38. The zero-order chi connectivity index (χ0) is 20.7. The van der Waals surface area contributed by atoms with Crippen molar-refractivity contribution in [2.45, 2.75) is 12.8 Å². The second-order valence-electron chi connectivity index (χ2n) is 5.51. The molecule has 148 valence electrons. The number of benzene rings is 2. The van der Waals surface area contributed by atoms with Crippen molar-refractivity contribution in [3.63, 3.8) is 0 Å². The number of carbonyl (C=O) groups excluding carboxylic acids is 3. The topological polar surface area (TPSA) is 84.5 Å². The number of esters is 1. The maximum absolute atomic E-state index is 11.9. The van der Waals surface area contributed by atoms with E-state index in [-0.39, 0.29) is 17.9 Å². The molecule has 10 heteroatoms. The van der Waals surface area contributed by atoms with Gasteiger partial charge in [0.15, 0.2) is 6.61 Å². The van der Waals surface area contributed by atoms with Gasteiger partial charge in [0.1, 0.15) is 0 Å². The summed E-state index contributed by atoms with van der Waals surface area (Å²) in [6, 6.07) is 9.17. The van der Waals surface area contributed by atoms with Crippen LogP contribution in [0.5, 0.6) is 0 Å². The van der Waals surface area contributed by atoms with Crippen molar-refractivity contribution in [2.75, 3.05) is 17.2 Å². The molecule has 2 aromatic rings. The first kappa shape index (κ1) is 22.3. The molecular weight excluding hydrogens is 450 g/mol. The fraction of sp³-hybridized carbons (Fsp3) is 0.167. The first-order valence-corrected chi connectivity index (χ1v) is 9.41. The molecule has 2 N–H and O–H groups in total. The Morgan fingerprint density at radius 3 is 1.71 bits per heavy atom. The van der Waals surface area contributed by atoms with Crippen molar-refractivity contribution in [1.29, 1.82) is 0 Å². The molecule has 0 bridgehead atoms. The lowest BCUT2D eigenvalue weighted by atomic mass is 10.2. The van der Waals surface area contributed by atoms with Crippen LogP contribution < -0.4 is 10.6 Å². The summed E-state index contributed by atoms with van der Waals surface area (Å²) >= 11 is 23.3. The van der Waals surface area contributed by atoms with Crippen LogP contribution in [0.2, 0.25) is 20.1 Å². The minimum atomic E-state index is -0.687. The SMILES string of the molecule is O=C(CCC(=O)OCC(=O)Nc1ccc(Cl)c(Cl)c1)Nc1ccc(Cl)c(Cl)c1. The van der Waals surface area contributed by atoms with Crippen molar-refractivity contribution in [3.8, 4) is 0 Å². The summed E-state index contributed by atoms with van der Waals surface area (Å²) in [5.41, 5.74) is 0.866. The highest BCUT2D eigenvalue weighted by molar-refractivity contribution is 6.42.